The molecule has 0 fully saturated rings. The fourth-order valence-electron chi connectivity index (χ4n) is 1.11. The Kier molecular flexibility index (Phi) is 4.52. The molecule has 0 aliphatic heterocycles. The molecule has 1 aromatic rings. The third-order valence-corrected chi connectivity index (χ3v) is 2.25. The summed E-state index contributed by atoms with van der Waals surface area (Å²) in [6, 6.07) is 4.40. The zero-order valence-electron chi connectivity index (χ0n) is 8.09. The molecule has 0 aromatic heterocycles. The van der Waals surface area contributed by atoms with Crippen molar-refractivity contribution in [3.05, 3.63) is 34.6 Å². The van der Waals surface area contributed by atoms with E-state index in [4.69, 9.17) is 17.3 Å². The highest BCUT2D eigenvalue weighted by Gasteiger charge is 2.07. The highest BCUT2D eigenvalue weighted by atomic mass is 35.5. The average molecular weight is 231 g/mol. The average Bonchev–Trinajstić information content (AvgIpc) is 2.17. The number of nitrogens with one attached hydrogen (secondary N) is 1. The predicted octanol–water partition coefficient (Wildman–Crippen LogP) is 1.44. The normalized spacial score (nSPS) is 10.1. The Morgan fingerprint density at radius 2 is 2.27 bits per heavy atom. The van der Waals surface area contributed by atoms with E-state index in [9.17, 15) is 9.18 Å². The van der Waals surface area contributed by atoms with Crippen LogP contribution in [0.1, 0.15) is 12.0 Å². The summed E-state index contributed by atoms with van der Waals surface area (Å²) in [5.41, 5.74) is 5.49. The monoisotopic (exact) mass is 230 g/mol. The van der Waals surface area contributed by atoms with Gasteiger partial charge in [-0.1, -0.05) is 17.7 Å². The molecule has 5 heteroatoms. The van der Waals surface area contributed by atoms with Crippen LogP contribution in [-0.4, -0.2) is 12.5 Å². The van der Waals surface area contributed by atoms with Gasteiger partial charge in [0.05, 0.1) is 0 Å². The number of benzene rings is 1. The van der Waals surface area contributed by atoms with E-state index in [-0.39, 0.29) is 25.4 Å². The number of carbonyl (C=O) groups excluding carboxylic acids is 1. The standard InChI is InChI=1S/C10H12ClFN2O/c11-8-2-1-3-9(12)7(8)6-14-10(15)4-5-13/h1-3H,4-6,13H2,(H,14,15). The van der Waals surface area contributed by atoms with Gasteiger partial charge in [-0.25, -0.2) is 4.39 Å². The lowest BCUT2D eigenvalue weighted by molar-refractivity contribution is -0.121. The van der Waals surface area contributed by atoms with E-state index >= 15 is 0 Å². The van der Waals surface area contributed by atoms with Gasteiger partial charge in [-0.05, 0) is 12.1 Å². The third kappa shape index (κ3) is 3.49. The van der Waals surface area contributed by atoms with Gasteiger partial charge in [0.2, 0.25) is 5.91 Å². The van der Waals surface area contributed by atoms with Crippen LogP contribution in [0.15, 0.2) is 18.2 Å². The quantitative estimate of drug-likeness (QED) is 0.823. The van der Waals surface area contributed by atoms with Crippen LogP contribution in [0.2, 0.25) is 5.02 Å². The number of rotatable bonds is 4. The van der Waals surface area contributed by atoms with Crippen molar-refractivity contribution in [2.24, 2.45) is 5.73 Å². The largest absolute Gasteiger partial charge is 0.352 e. The van der Waals surface area contributed by atoms with Crippen LogP contribution in [0.25, 0.3) is 0 Å². The van der Waals surface area contributed by atoms with Gasteiger partial charge in [-0.3, -0.25) is 4.79 Å². The summed E-state index contributed by atoms with van der Waals surface area (Å²) in [6.07, 6.45) is 0.228. The minimum Gasteiger partial charge on any atom is -0.352 e. The van der Waals surface area contributed by atoms with Gasteiger partial charge >= 0.3 is 0 Å². The predicted molar refractivity (Wildman–Crippen MR) is 56.9 cm³/mol. The molecule has 0 saturated heterocycles. The number of hydrogen-bond donors (Lipinski definition) is 2. The molecule has 15 heavy (non-hydrogen) atoms. The van der Waals surface area contributed by atoms with Crippen LogP contribution >= 0.6 is 11.6 Å². The summed E-state index contributed by atoms with van der Waals surface area (Å²) in [4.78, 5) is 11.1. The molecule has 1 aromatic carbocycles. The van der Waals surface area contributed by atoms with Crippen LogP contribution in [-0.2, 0) is 11.3 Å². The summed E-state index contributed by atoms with van der Waals surface area (Å²) in [7, 11) is 0. The lowest BCUT2D eigenvalue weighted by Crippen LogP contribution is -2.25. The summed E-state index contributed by atoms with van der Waals surface area (Å²) in [5, 5.41) is 2.85. The second kappa shape index (κ2) is 5.68. The fourth-order valence-corrected chi connectivity index (χ4v) is 1.34. The van der Waals surface area contributed by atoms with Gasteiger partial charge in [0.1, 0.15) is 5.82 Å². The van der Waals surface area contributed by atoms with Crippen molar-refractivity contribution in [1.82, 2.24) is 5.32 Å². The molecule has 0 spiro atoms. The number of nitrogens with two attached hydrogens (primary N) is 1. The van der Waals surface area contributed by atoms with Gasteiger partial charge in [-0.2, -0.15) is 0 Å². The van der Waals surface area contributed by atoms with E-state index in [0.29, 0.717) is 10.6 Å². The molecule has 1 amide bonds. The first-order chi connectivity index (χ1) is 7.15. The molecule has 0 unspecified atom stereocenters. The summed E-state index contributed by atoms with van der Waals surface area (Å²) < 4.78 is 13.2. The Morgan fingerprint density at radius 3 is 2.87 bits per heavy atom. The maximum Gasteiger partial charge on any atom is 0.221 e. The van der Waals surface area contributed by atoms with Gasteiger partial charge in [0.15, 0.2) is 0 Å². The zero-order valence-corrected chi connectivity index (χ0v) is 8.85. The molecule has 3 N–H and O–H groups in total. The molecule has 0 heterocycles. The number of halogens is 2. The van der Waals surface area contributed by atoms with Gasteiger partial charge in [-0.15, -0.1) is 0 Å². The van der Waals surface area contributed by atoms with Crippen molar-refractivity contribution < 1.29 is 9.18 Å². The van der Waals surface area contributed by atoms with Crippen LogP contribution in [0.4, 0.5) is 4.39 Å². The highest BCUT2D eigenvalue weighted by Crippen LogP contribution is 2.18. The first-order valence-electron chi connectivity index (χ1n) is 4.55. The molecule has 3 nitrogen and oxygen atoms in total. The van der Waals surface area contributed by atoms with Crippen LogP contribution in [0.5, 0.6) is 0 Å². The zero-order chi connectivity index (χ0) is 11.3. The minimum absolute atomic E-state index is 0.0876. The first-order valence-corrected chi connectivity index (χ1v) is 4.92. The smallest absolute Gasteiger partial charge is 0.221 e. The molecule has 0 bridgehead atoms. The van der Waals surface area contributed by atoms with E-state index in [1.807, 2.05) is 0 Å². The summed E-state index contributed by atoms with van der Waals surface area (Å²) in [5.74, 6) is -0.632. The second-order valence-corrected chi connectivity index (χ2v) is 3.42. The number of carbonyl (C=O) groups is 1. The molecule has 0 aliphatic carbocycles. The van der Waals surface area contributed by atoms with Crippen molar-refractivity contribution in [2.45, 2.75) is 13.0 Å². The van der Waals surface area contributed by atoms with E-state index in [0.717, 1.165) is 0 Å². The van der Waals surface area contributed by atoms with E-state index in [1.165, 1.54) is 12.1 Å². The maximum absolute atomic E-state index is 13.2. The van der Waals surface area contributed by atoms with E-state index in [1.54, 1.807) is 6.07 Å². The van der Waals surface area contributed by atoms with Crippen molar-refractivity contribution >= 4 is 17.5 Å². The number of amides is 1. The molecule has 0 saturated carbocycles. The van der Waals surface area contributed by atoms with Crippen LogP contribution < -0.4 is 11.1 Å². The van der Waals surface area contributed by atoms with E-state index < -0.39 is 5.82 Å². The molecule has 0 aliphatic rings. The van der Waals surface area contributed by atoms with E-state index in [2.05, 4.69) is 5.32 Å². The fraction of sp³-hybridized carbons (Fsp3) is 0.300. The minimum atomic E-state index is -0.421. The van der Waals surface area contributed by atoms with Crippen molar-refractivity contribution in [1.29, 1.82) is 0 Å². The number of hydrogen-bond acceptors (Lipinski definition) is 2. The Labute approximate surface area is 92.4 Å². The Hall–Kier alpha value is -1.13. The summed E-state index contributed by atoms with van der Waals surface area (Å²) >= 11 is 5.77. The Morgan fingerprint density at radius 1 is 1.53 bits per heavy atom. The SMILES string of the molecule is NCCC(=O)NCc1c(F)cccc1Cl. The van der Waals surface area contributed by atoms with Crippen molar-refractivity contribution in [2.75, 3.05) is 6.54 Å². The molecule has 0 atom stereocenters. The van der Waals surface area contributed by atoms with Crippen molar-refractivity contribution in [3.8, 4) is 0 Å². The topological polar surface area (TPSA) is 55.1 Å². The highest BCUT2D eigenvalue weighted by molar-refractivity contribution is 6.31. The Bertz CT molecular complexity index is 337. The maximum atomic E-state index is 13.2. The summed E-state index contributed by atoms with van der Waals surface area (Å²) in [6.45, 7) is 0.362. The lowest BCUT2D eigenvalue weighted by atomic mass is 10.2. The molecular formula is C10H12ClFN2O. The first kappa shape index (κ1) is 11.9. The molecule has 1 rings (SSSR count). The van der Waals surface area contributed by atoms with Crippen molar-refractivity contribution in [3.63, 3.8) is 0 Å². The second-order valence-electron chi connectivity index (χ2n) is 3.02. The lowest BCUT2D eigenvalue weighted by Gasteiger charge is -2.07. The van der Waals surface area contributed by atoms with Crippen LogP contribution in [0, 0.1) is 5.82 Å². The van der Waals surface area contributed by atoms with Crippen LogP contribution in [0.3, 0.4) is 0 Å². The van der Waals surface area contributed by atoms with Gasteiger partial charge in [0.25, 0.3) is 0 Å². The Balaban J connectivity index is 2.61. The van der Waals surface area contributed by atoms with Gasteiger partial charge in [0, 0.05) is 30.1 Å². The molecule has 82 valence electrons. The third-order valence-electron chi connectivity index (χ3n) is 1.90. The van der Waals surface area contributed by atoms with Gasteiger partial charge < -0.3 is 11.1 Å². The molecular weight excluding hydrogens is 219 g/mol. The molecule has 0 radical (unpaired) electrons.